The Balaban J connectivity index is 2.31. The number of hydrogen-bond acceptors (Lipinski definition) is 3. The molecule has 1 aromatic rings. The number of hydrogen-bond donors (Lipinski definition) is 2. The van der Waals surface area contributed by atoms with E-state index in [2.05, 4.69) is 35.1 Å². The van der Waals surface area contributed by atoms with E-state index in [0.717, 1.165) is 10.2 Å². The average Bonchev–Trinajstić information content (AvgIpc) is 2.24. The fourth-order valence-electron chi connectivity index (χ4n) is 1.57. The normalized spacial score (nSPS) is 12.8. The van der Waals surface area contributed by atoms with E-state index in [9.17, 15) is 5.11 Å². The third-order valence-electron chi connectivity index (χ3n) is 2.35. The van der Waals surface area contributed by atoms with E-state index in [4.69, 9.17) is 4.74 Å². The Morgan fingerprint density at radius 1 is 1.28 bits per heavy atom. The van der Waals surface area contributed by atoms with Crippen LogP contribution in [0.3, 0.4) is 0 Å². The molecule has 0 heterocycles. The summed E-state index contributed by atoms with van der Waals surface area (Å²) in [5, 5.41) is 13.0. The first kappa shape index (κ1) is 15.5. The lowest BCUT2D eigenvalue weighted by Crippen LogP contribution is -2.25. The number of halogens is 1. The second-order valence-corrected chi connectivity index (χ2v) is 5.90. The quantitative estimate of drug-likeness (QED) is 0.812. The van der Waals surface area contributed by atoms with Gasteiger partial charge in [0.1, 0.15) is 0 Å². The zero-order valence-electron chi connectivity index (χ0n) is 11.2. The van der Waals surface area contributed by atoms with Crippen LogP contribution < -0.4 is 5.32 Å². The highest BCUT2D eigenvalue weighted by molar-refractivity contribution is 9.10. The minimum Gasteiger partial charge on any atom is -0.389 e. The van der Waals surface area contributed by atoms with Crippen LogP contribution in [0.15, 0.2) is 22.7 Å². The number of rotatable bonds is 7. The maximum Gasteiger partial charge on any atom is 0.0945 e. The summed E-state index contributed by atoms with van der Waals surface area (Å²) in [4.78, 5) is 0. The second kappa shape index (κ2) is 7.77. The van der Waals surface area contributed by atoms with Crippen LogP contribution in [0.4, 0.5) is 5.69 Å². The van der Waals surface area contributed by atoms with Crippen molar-refractivity contribution in [3.05, 3.63) is 28.2 Å². The molecule has 1 rings (SSSR count). The molecule has 102 valence electrons. The summed E-state index contributed by atoms with van der Waals surface area (Å²) in [6, 6.07) is 6.09. The summed E-state index contributed by atoms with van der Waals surface area (Å²) in [5.74, 6) is 0.498. The zero-order chi connectivity index (χ0) is 13.5. The molecule has 0 saturated heterocycles. The van der Waals surface area contributed by atoms with Gasteiger partial charge in [0.25, 0.3) is 0 Å². The number of aliphatic hydroxyl groups is 1. The van der Waals surface area contributed by atoms with Gasteiger partial charge in [-0.2, -0.15) is 0 Å². The van der Waals surface area contributed by atoms with Gasteiger partial charge in [0, 0.05) is 23.3 Å². The molecule has 0 aromatic heterocycles. The Morgan fingerprint density at radius 2 is 2.00 bits per heavy atom. The average molecular weight is 316 g/mol. The monoisotopic (exact) mass is 315 g/mol. The molecule has 0 spiro atoms. The Kier molecular flexibility index (Phi) is 6.68. The van der Waals surface area contributed by atoms with Crippen LogP contribution in [0.5, 0.6) is 0 Å². The van der Waals surface area contributed by atoms with Crippen LogP contribution >= 0.6 is 15.9 Å². The van der Waals surface area contributed by atoms with Crippen LogP contribution in [0.1, 0.15) is 19.4 Å². The van der Waals surface area contributed by atoms with Crippen molar-refractivity contribution < 1.29 is 9.84 Å². The fraction of sp³-hybridized carbons (Fsp3) is 0.571. The number of aliphatic hydroxyl groups excluding tert-OH is 1. The molecule has 1 atom stereocenters. The third kappa shape index (κ3) is 6.38. The summed E-state index contributed by atoms with van der Waals surface area (Å²) >= 11 is 3.45. The summed E-state index contributed by atoms with van der Waals surface area (Å²) < 4.78 is 6.43. The smallest absolute Gasteiger partial charge is 0.0945 e. The molecule has 0 aliphatic carbocycles. The molecule has 4 heteroatoms. The minimum atomic E-state index is -0.483. The molecule has 2 N–H and O–H groups in total. The molecular weight excluding hydrogens is 294 g/mol. The van der Waals surface area contributed by atoms with E-state index < -0.39 is 6.10 Å². The highest BCUT2D eigenvalue weighted by Crippen LogP contribution is 2.18. The maximum atomic E-state index is 9.76. The highest BCUT2D eigenvalue weighted by atomic mass is 79.9. The van der Waals surface area contributed by atoms with Crippen LogP contribution in [-0.2, 0) is 4.74 Å². The van der Waals surface area contributed by atoms with Crippen LogP contribution in [0.2, 0.25) is 0 Å². The van der Waals surface area contributed by atoms with Gasteiger partial charge in [0.15, 0.2) is 0 Å². The van der Waals surface area contributed by atoms with Crippen molar-refractivity contribution in [3.8, 4) is 0 Å². The van der Waals surface area contributed by atoms with Crippen molar-refractivity contribution >= 4 is 21.6 Å². The van der Waals surface area contributed by atoms with E-state index in [1.54, 1.807) is 0 Å². The predicted octanol–water partition coefficient (Wildman–Crippen LogP) is 3.20. The number of nitrogens with one attached hydrogen (secondary N) is 1. The van der Waals surface area contributed by atoms with E-state index >= 15 is 0 Å². The summed E-state index contributed by atoms with van der Waals surface area (Å²) in [6.07, 6.45) is -0.483. The van der Waals surface area contributed by atoms with Gasteiger partial charge >= 0.3 is 0 Å². The number of benzene rings is 1. The van der Waals surface area contributed by atoms with Gasteiger partial charge in [-0.3, -0.25) is 0 Å². The lowest BCUT2D eigenvalue weighted by Gasteiger charge is -2.14. The van der Waals surface area contributed by atoms with Gasteiger partial charge in [0.2, 0.25) is 0 Å². The second-order valence-electron chi connectivity index (χ2n) is 4.98. The van der Waals surface area contributed by atoms with Gasteiger partial charge in [-0.1, -0.05) is 29.8 Å². The van der Waals surface area contributed by atoms with Crippen LogP contribution in [-0.4, -0.2) is 31.0 Å². The van der Waals surface area contributed by atoms with E-state index in [-0.39, 0.29) is 0 Å². The van der Waals surface area contributed by atoms with Gasteiger partial charge in [-0.05, 0) is 36.6 Å². The highest BCUT2D eigenvalue weighted by Gasteiger charge is 2.05. The largest absolute Gasteiger partial charge is 0.389 e. The molecule has 3 nitrogen and oxygen atoms in total. The Bertz CT molecular complexity index is 349. The SMILES string of the molecule is Cc1cc(Br)cc(NCC(O)COCC(C)C)c1. The standard InChI is InChI=1S/C14H22BrNO2/c1-10(2)8-18-9-14(17)7-16-13-5-11(3)4-12(15)6-13/h4-6,10,14,16-17H,7-9H2,1-3H3. The molecule has 1 unspecified atom stereocenters. The van der Waals surface area contributed by atoms with Crippen molar-refractivity contribution in [3.63, 3.8) is 0 Å². The maximum absolute atomic E-state index is 9.76. The summed E-state index contributed by atoms with van der Waals surface area (Å²) in [7, 11) is 0. The number of aryl methyl sites for hydroxylation is 1. The Morgan fingerprint density at radius 3 is 2.61 bits per heavy atom. The molecule has 0 amide bonds. The van der Waals surface area contributed by atoms with Gasteiger partial charge < -0.3 is 15.2 Å². The predicted molar refractivity (Wildman–Crippen MR) is 79.0 cm³/mol. The van der Waals surface area contributed by atoms with Crippen molar-refractivity contribution in [1.82, 2.24) is 0 Å². The number of ether oxygens (including phenoxy) is 1. The first-order chi connectivity index (χ1) is 8.47. The molecule has 0 radical (unpaired) electrons. The van der Waals surface area contributed by atoms with Crippen molar-refractivity contribution in [2.24, 2.45) is 5.92 Å². The van der Waals surface area contributed by atoms with Gasteiger partial charge in [-0.25, -0.2) is 0 Å². The fourth-order valence-corrected chi connectivity index (χ4v) is 2.18. The Labute approximate surface area is 118 Å². The van der Waals surface area contributed by atoms with E-state index in [0.29, 0.717) is 25.7 Å². The van der Waals surface area contributed by atoms with Crippen molar-refractivity contribution in [2.45, 2.75) is 26.9 Å². The molecule has 0 saturated carbocycles. The summed E-state index contributed by atoms with van der Waals surface area (Å²) in [5.41, 5.74) is 2.18. The van der Waals surface area contributed by atoms with Crippen LogP contribution in [0.25, 0.3) is 0 Å². The number of anilines is 1. The van der Waals surface area contributed by atoms with E-state index in [1.807, 2.05) is 25.1 Å². The lowest BCUT2D eigenvalue weighted by atomic mass is 10.2. The summed E-state index contributed by atoms with van der Waals surface area (Å²) in [6.45, 7) is 7.78. The minimum absolute atomic E-state index is 0.373. The van der Waals surface area contributed by atoms with E-state index in [1.165, 1.54) is 5.56 Å². The molecule has 18 heavy (non-hydrogen) atoms. The topological polar surface area (TPSA) is 41.5 Å². The molecule has 1 aromatic carbocycles. The molecule has 0 bridgehead atoms. The first-order valence-corrected chi connectivity index (χ1v) is 7.03. The zero-order valence-corrected chi connectivity index (χ0v) is 12.8. The first-order valence-electron chi connectivity index (χ1n) is 6.24. The molecule has 0 fully saturated rings. The van der Waals surface area contributed by atoms with Crippen molar-refractivity contribution in [1.29, 1.82) is 0 Å². The third-order valence-corrected chi connectivity index (χ3v) is 2.80. The molecule has 0 aliphatic heterocycles. The van der Waals surface area contributed by atoms with Gasteiger partial charge in [-0.15, -0.1) is 0 Å². The van der Waals surface area contributed by atoms with Crippen molar-refractivity contribution in [2.75, 3.05) is 25.1 Å². The van der Waals surface area contributed by atoms with Gasteiger partial charge in [0.05, 0.1) is 12.7 Å². The Hall–Kier alpha value is -0.580. The van der Waals surface area contributed by atoms with Crippen LogP contribution in [0, 0.1) is 12.8 Å². The lowest BCUT2D eigenvalue weighted by molar-refractivity contribution is 0.0318. The molecular formula is C14H22BrNO2. The molecule has 0 aliphatic rings.